The lowest BCUT2D eigenvalue weighted by atomic mass is 10.2. The first kappa shape index (κ1) is 14.7. The summed E-state index contributed by atoms with van der Waals surface area (Å²) in [6.07, 6.45) is -4.99. The Balaban J connectivity index is 2.94. The lowest BCUT2D eigenvalue weighted by Crippen LogP contribution is -2.30. The van der Waals surface area contributed by atoms with E-state index in [0.717, 1.165) is 0 Å². The Labute approximate surface area is 107 Å². The number of alkyl halides is 3. The number of carbonyl (C=O) groups is 2. The number of anilines is 2. The van der Waals surface area contributed by atoms with Crippen molar-refractivity contribution in [3.63, 3.8) is 0 Å². The van der Waals surface area contributed by atoms with Gasteiger partial charge in [0.25, 0.3) is 5.91 Å². The van der Waals surface area contributed by atoms with Gasteiger partial charge in [-0.2, -0.15) is 13.2 Å². The molecule has 0 aliphatic heterocycles. The summed E-state index contributed by atoms with van der Waals surface area (Å²) in [5, 5.41) is 4.03. The molecule has 0 radical (unpaired) electrons. The molecule has 19 heavy (non-hydrogen) atoms. The van der Waals surface area contributed by atoms with Gasteiger partial charge < -0.3 is 10.6 Å². The fourth-order valence-electron chi connectivity index (χ4n) is 1.12. The predicted molar refractivity (Wildman–Crippen MR) is 64.6 cm³/mol. The van der Waals surface area contributed by atoms with Gasteiger partial charge in [-0.3, -0.25) is 9.59 Å². The highest BCUT2D eigenvalue weighted by atomic mass is 19.4. The van der Waals surface area contributed by atoms with Gasteiger partial charge in [-0.25, -0.2) is 0 Å². The fraction of sp³-hybridized carbons (Fsp3) is 0.167. The van der Waals surface area contributed by atoms with Crippen molar-refractivity contribution >= 4 is 23.2 Å². The number of hydrogen-bond acceptors (Lipinski definition) is 2. The lowest BCUT2D eigenvalue weighted by molar-refractivity contribution is -0.167. The highest BCUT2D eigenvalue weighted by molar-refractivity contribution is 6.06. The van der Waals surface area contributed by atoms with Crippen molar-refractivity contribution in [1.82, 2.24) is 0 Å². The number of halogens is 3. The quantitative estimate of drug-likeness (QED) is 0.831. The van der Waals surface area contributed by atoms with Crippen LogP contribution in [-0.2, 0) is 9.59 Å². The molecule has 0 fully saturated rings. The van der Waals surface area contributed by atoms with E-state index in [1.54, 1.807) is 5.32 Å². The third-order valence-corrected chi connectivity index (χ3v) is 2.07. The summed E-state index contributed by atoms with van der Waals surface area (Å²) in [5.41, 5.74) is 0.115. The zero-order valence-corrected chi connectivity index (χ0v) is 9.97. The van der Waals surface area contributed by atoms with Gasteiger partial charge in [-0.1, -0.05) is 18.7 Å². The van der Waals surface area contributed by atoms with Gasteiger partial charge in [-0.05, 0) is 19.1 Å². The molecule has 0 saturated carbocycles. The summed E-state index contributed by atoms with van der Waals surface area (Å²) >= 11 is 0. The molecule has 0 atom stereocenters. The van der Waals surface area contributed by atoms with Crippen molar-refractivity contribution in [3.05, 3.63) is 36.4 Å². The van der Waals surface area contributed by atoms with Crippen LogP contribution in [0.5, 0.6) is 0 Å². The molecule has 7 heteroatoms. The van der Waals surface area contributed by atoms with Crippen LogP contribution in [0.4, 0.5) is 24.5 Å². The fourth-order valence-corrected chi connectivity index (χ4v) is 1.12. The van der Waals surface area contributed by atoms with E-state index in [1.807, 2.05) is 0 Å². The molecule has 0 saturated heterocycles. The van der Waals surface area contributed by atoms with Gasteiger partial charge >= 0.3 is 12.1 Å². The number of rotatable bonds is 3. The smallest absolute Gasteiger partial charge is 0.320 e. The molecule has 0 bridgehead atoms. The van der Waals surface area contributed by atoms with Crippen LogP contribution in [0.25, 0.3) is 0 Å². The van der Waals surface area contributed by atoms with Gasteiger partial charge in [0.1, 0.15) is 0 Å². The van der Waals surface area contributed by atoms with Gasteiger partial charge in [0.2, 0.25) is 0 Å². The Kier molecular flexibility index (Phi) is 4.31. The first-order chi connectivity index (χ1) is 8.71. The zero-order chi connectivity index (χ0) is 14.6. The van der Waals surface area contributed by atoms with Crippen molar-refractivity contribution in [3.8, 4) is 0 Å². The van der Waals surface area contributed by atoms with Crippen LogP contribution in [0, 0.1) is 0 Å². The second-order valence-corrected chi connectivity index (χ2v) is 3.73. The topological polar surface area (TPSA) is 58.2 Å². The van der Waals surface area contributed by atoms with Crippen LogP contribution in [0.3, 0.4) is 0 Å². The average Bonchev–Trinajstić information content (AvgIpc) is 2.30. The highest BCUT2D eigenvalue weighted by Crippen LogP contribution is 2.24. The predicted octanol–water partition coefficient (Wildman–Crippen LogP) is 2.70. The number of para-hydroxylation sites is 2. The molecule has 1 aromatic rings. The molecule has 0 unspecified atom stereocenters. The summed E-state index contributed by atoms with van der Waals surface area (Å²) < 4.78 is 36.4. The number of carbonyl (C=O) groups excluding carboxylic acids is 2. The molecule has 1 rings (SSSR count). The standard InChI is InChI=1S/C12H11F3N2O2/c1-7(2)10(18)16-8-5-3-4-6-9(8)17-11(19)12(13,14)15/h3-6H,1H2,2H3,(H,16,18)(H,17,19). The van der Waals surface area contributed by atoms with Crippen LogP contribution < -0.4 is 10.6 Å². The van der Waals surface area contributed by atoms with Gasteiger partial charge in [0.15, 0.2) is 0 Å². The minimum absolute atomic E-state index is 0.0631. The Morgan fingerprint density at radius 3 is 2.00 bits per heavy atom. The second-order valence-electron chi connectivity index (χ2n) is 3.73. The van der Waals surface area contributed by atoms with Gasteiger partial charge in [0, 0.05) is 5.57 Å². The Bertz CT molecular complexity index is 524. The molecule has 4 nitrogen and oxygen atoms in total. The van der Waals surface area contributed by atoms with Crippen molar-refractivity contribution < 1.29 is 22.8 Å². The van der Waals surface area contributed by atoms with Crippen molar-refractivity contribution in [2.24, 2.45) is 0 Å². The summed E-state index contributed by atoms with van der Waals surface area (Å²) in [6, 6.07) is 5.56. The molecule has 0 aliphatic carbocycles. The Hall–Kier alpha value is -2.31. The maximum Gasteiger partial charge on any atom is 0.471 e. The minimum atomic E-state index is -4.99. The van der Waals surface area contributed by atoms with Gasteiger partial charge in [-0.15, -0.1) is 0 Å². The molecule has 102 valence electrons. The molecule has 2 amide bonds. The van der Waals surface area contributed by atoms with E-state index in [9.17, 15) is 22.8 Å². The van der Waals surface area contributed by atoms with E-state index in [4.69, 9.17) is 0 Å². The average molecular weight is 272 g/mol. The lowest BCUT2D eigenvalue weighted by Gasteiger charge is -2.13. The number of hydrogen-bond donors (Lipinski definition) is 2. The Morgan fingerprint density at radius 1 is 1.11 bits per heavy atom. The highest BCUT2D eigenvalue weighted by Gasteiger charge is 2.38. The van der Waals surface area contributed by atoms with Crippen LogP contribution in [0.15, 0.2) is 36.4 Å². The van der Waals surface area contributed by atoms with Crippen molar-refractivity contribution in [2.45, 2.75) is 13.1 Å². The van der Waals surface area contributed by atoms with E-state index in [1.165, 1.54) is 31.2 Å². The number of benzene rings is 1. The summed E-state index contributed by atoms with van der Waals surface area (Å²) in [7, 11) is 0. The zero-order valence-electron chi connectivity index (χ0n) is 9.97. The molecule has 0 spiro atoms. The third kappa shape index (κ3) is 4.13. The van der Waals surface area contributed by atoms with Crippen molar-refractivity contribution in [1.29, 1.82) is 0 Å². The van der Waals surface area contributed by atoms with E-state index < -0.39 is 18.0 Å². The normalized spacial score (nSPS) is 10.7. The van der Waals surface area contributed by atoms with E-state index in [2.05, 4.69) is 11.9 Å². The minimum Gasteiger partial charge on any atom is -0.320 e. The maximum absolute atomic E-state index is 12.1. The van der Waals surface area contributed by atoms with Gasteiger partial charge in [0.05, 0.1) is 11.4 Å². The third-order valence-electron chi connectivity index (χ3n) is 2.07. The molecule has 0 aliphatic rings. The largest absolute Gasteiger partial charge is 0.471 e. The molecular weight excluding hydrogens is 261 g/mol. The van der Waals surface area contributed by atoms with Crippen molar-refractivity contribution in [2.75, 3.05) is 10.6 Å². The van der Waals surface area contributed by atoms with Crippen LogP contribution in [0.2, 0.25) is 0 Å². The maximum atomic E-state index is 12.1. The summed E-state index contributed by atoms with van der Waals surface area (Å²) in [4.78, 5) is 22.2. The number of nitrogens with one attached hydrogen (secondary N) is 2. The molecule has 1 aromatic carbocycles. The first-order valence-electron chi connectivity index (χ1n) is 5.16. The monoisotopic (exact) mass is 272 g/mol. The van der Waals surface area contributed by atoms with Crippen LogP contribution in [0.1, 0.15) is 6.92 Å². The molecule has 0 aromatic heterocycles. The van der Waals surface area contributed by atoms with Crippen LogP contribution in [-0.4, -0.2) is 18.0 Å². The second kappa shape index (κ2) is 5.55. The number of amides is 2. The molecule has 2 N–H and O–H groups in total. The van der Waals surface area contributed by atoms with E-state index in [-0.39, 0.29) is 16.9 Å². The first-order valence-corrected chi connectivity index (χ1v) is 5.16. The molecule has 0 heterocycles. The van der Waals surface area contributed by atoms with Crippen LogP contribution >= 0.6 is 0 Å². The molecular formula is C12H11F3N2O2. The summed E-state index contributed by atoms with van der Waals surface area (Å²) in [5.74, 6) is -2.65. The van der Waals surface area contributed by atoms with E-state index >= 15 is 0 Å². The Morgan fingerprint density at radius 2 is 1.58 bits per heavy atom. The summed E-state index contributed by atoms with van der Waals surface area (Å²) in [6.45, 7) is 4.85. The van der Waals surface area contributed by atoms with E-state index in [0.29, 0.717) is 0 Å². The SMILES string of the molecule is C=C(C)C(=O)Nc1ccccc1NC(=O)C(F)(F)F.